The first-order valence-corrected chi connectivity index (χ1v) is 7.52. The Morgan fingerprint density at radius 1 is 1.33 bits per heavy atom. The van der Waals surface area contributed by atoms with Crippen LogP contribution in [0.2, 0.25) is 0 Å². The summed E-state index contributed by atoms with van der Waals surface area (Å²) < 4.78 is 16.2. The van der Waals surface area contributed by atoms with E-state index in [1.54, 1.807) is 35.4 Å². The molecule has 0 aromatic carbocycles. The first-order chi connectivity index (χ1) is 11.8. The first-order valence-electron chi connectivity index (χ1n) is 7.52. The summed E-state index contributed by atoms with van der Waals surface area (Å²) in [7, 11) is 0. The number of rotatable bonds is 4. The van der Waals surface area contributed by atoms with Crippen LogP contribution in [-0.2, 0) is 0 Å². The van der Waals surface area contributed by atoms with Crippen molar-refractivity contribution in [3.05, 3.63) is 48.7 Å². The Bertz CT molecular complexity index is 816. The van der Waals surface area contributed by atoms with E-state index in [2.05, 4.69) is 15.1 Å². The zero-order valence-electron chi connectivity index (χ0n) is 12.7. The maximum atomic E-state index is 12.5. The Kier molecular flexibility index (Phi) is 3.70. The molecule has 1 atom stereocenters. The normalized spacial score (nSPS) is 17.2. The van der Waals surface area contributed by atoms with E-state index < -0.39 is 0 Å². The Balaban J connectivity index is 1.41. The third-order valence-corrected chi connectivity index (χ3v) is 3.77. The van der Waals surface area contributed by atoms with E-state index >= 15 is 0 Å². The Morgan fingerprint density at radius 3 is 3.08 bits per heavy atom. The lowest BCUT2D eigenvalue weighted by atomic mass is 10.3. The summed E-state index contributed by atoms with van der Waals surface area (Å²) in [6.07, 6.45) is 5.22. The van der Waals surface area contributed by atoms with E-state index in [0.717, 1.165) is 6.42 Å². The van der Waals surface area contributed by atoms with Crippen LogP contribution in [0.1, 0.15) is 16.9 Å². The second-order valence-corrected chi connectivity index (χ2v) is 5.38. The van der Waals surface area contributed by atoms with Gasteiger partial charge in [0.15, 0.2) is 11.5 Å². The van der Waals surface area contributed by atoms with Crippen molar-refractivity contribution in [3.63, 3.8) is 0 Å². The molecule has 0 N–H and O–H groups in total. The third kappa shape index (κ3) is 2.85. The molecule has 0 unspecified atom stereocenters. The maximum absolute atomic E-state index is 12.5. The second-order valence-electron chi connectivity index (χ2n) is 5.38. The molecule has 0 radical (unpaired) electrons. The van der Waals surface area contributed by atoms with E-state index in [4.69, 9.17) is 13.7 Å². The monoisotopic (exact) mass is 326 g/mol. The molecule has 4 heterocycles. The summed E-state index contributed by atoms with van der Waals surface area (Å²) in [5.41, 5.74) is 0.254. The topological polar surface area (TPSA) is 94.5 Å². The molecular weight excluding hydrogens is 312 g/mol. The van der Waals surface area contributed by atoms with Gasteiger partial charge >= 0.3 is 0 Å². The van der Waals surface area contributed by atoms with E-state index in [0.29, 0.717) is 30.5 Å². The fourth-order valence-electron chi connectivity index (χ4n) is 2.60. The quantitative estimate of drug-likeness (QED) is 0.724. The van der Waals surface area contributed by atoms with Crippen molar-refractivity contribution < 1.29 is 18.5 Å². The molecule has 24 heavy (non-hydrogen) atoms. The molecule has 122 valence electrons. The Labute approximate surface area is 137 Å². The van der Waals surface area contributed by atoms with Crippen molar-refractivity contribution in [2.24, 2.45) is 0 Å². The number of hydrogen-bond acceptors (Lipinski definition) is 7. The lowest BCUT2D eigenvalue weighted by Crippen LogP contribution is -2.31. The highest BCUT2D eigenvalue weighted by Gasteiger charge is 2.30. The molecule has 3 aromatic rings. The largest absolute Gasteiger partial charge is 0.472 e. The summed E-state index contributed by atoms with van der Waals surface area (Å²) >= 11 is 0. The van der Waals surface area contributed by atoms with Gasteiger partial charge in [-0.15, -0.1) is 0 Å². The summed E-state index contributed by atoms with van der Waals surface area (Å²) in [5.74, 6) is 1.28. The van der Waals surface area contributed by atoms with Crippen LogP contribution in [0.3, 0.4) is 0 Å². The highest BCUT2D eigenvalue weighted by atomic mass is 16.5. The van der Waals surface area contributed by atoms with Crippen molar-refractivity contribution in [1.29, 1.82) is 0 Å². The van der Waals surface area contributed by atoms with Crippen molar-refractivity contribution in [3.8, 4) is 17.4 Å². The van der Waals surface area contributed by atoms with Gasteiger partial charge in [0.1, 0.15) is 12.4 Å². The van der Waals surface area contributed by atoms with E-state index in [-0.39, 0.29) is 17.7 Å². The molecule has 1 saturated heterocycles. The van der Waals surface area contributed by atoms with Crippen LogP contribution in [-0.4, -0.2) is 45.1 Å². The zero-order chi connectivity index (χ0) is 16.4. The molecule has 1 aliphatic rings. The van der Waals surface area contributed by atoms with Crippen molar-refractivity contribution >= 4 is 5.91 Å². The first kappa shape index (κ1) is 14.4. The molecule has 0 spiro atoms. The summed E-state index contributed by atoms with van der Waals surface area (Å²) in [4.78, 5) is 22.1. The van der Waals surface area contributed by atoms with E-state index in [1.807, 2.05) is 0 Å². The molecular formula is C16H14N4O4. The number of hydrogen-bond donors (Lipinski definition) is 0. The number of likely N-dealkylation sites (tertiary alicyclic amines) is 1. The number of aromatic nitrogens is 3. The minimum absolute atomic E-state index is 0.0969. The predicted molar refractivity (Wildman–Crippen MR) is 81.2 cm³/mol. The van der Waals surface area contributed by atoms with Gasteiger partial charge in [0, 0.05) is 31.3 Å². The molecule has 1 aliphatic heterocycles. The van der Waals surface area contributed by atoms with Crippen molar-refractivity contribution in [1.82, 2.24) is 20.0 Å². The van der Waals surface area contributed by atoms with Crippen molar-refractivity contribution in [2.45, 2.75) is 12.5 Å². The minimum atomic E-state index is -0.189. The van der Waals surface area contributed by atoms with Crippen LogP contribution in [0.5, 0.6) is 5.88 Å². The predicted octanol–water partition coefficient (Wildman–Crippen LogP) is 2.02. The molecule has 4 rings (SSSR count). The Hall–Kier alpha value is -3.16. The number of amides is 1. The summed E-state index contributed by atoms with van der Waals surface area (Å²) in [5, 5.41) is 3.84. The number of ether oxygens (including phenoxy) is 1. The van der Waals surface area contributed by atoms with E-state index in [9.17, 15) is 4.79 Å². The molecule has 8 nitrogen and oxygen atoms in total. The lowest BCUT2D eigenvalue weighted by molar-refractivity contribution is 0.0761. The van der Waals surface area contributed by atoms with Crippen LogP contribution >= 0.6 is 0 Å². The van der Waals surface area contributed by atoms with Gasteiger partial charge in [0.25, 0.3) is 5.91 Å². The van der Waals surface area contributed by atoms with Crippen LogP contribution in [0.25, 0.3) is 11.5 Å². The standard InChI is InChI=1S/C16H14N4O4/c21-16(12-8-14(24-19-12)13-2-1-7-22-13)20-6-4-11(9-20)23-15-3-5-17-10-18-15/h1-3,5,7-8,10-11H,4,6,9H2/t11-/m1/s1. The molecule has 0 saturated carbocycles. The summed E-state index contributed by atoms with van der Waals surface area (Å²) in [6, 6.07) is 6.77. The van der Waals surface area contributed by atoms with E-state index in [1.165, 1.54) is 12.6 Å². The molecule has 0 aliphatic carbocycles. The van der Waals surface area contributed by atoms with Gasteiger partial charge in [0.05, 0.1) is 12.8 Å². The zero-order valence-corrected chi connectivity index (χ0v) is 12.7. The SMILES string of the molecule is O=C(c1cc(-c2ccco2)on1)N1CC[C@@H](Oc2ccncn2)C1. The fraction of sp³-hybridized carbons (Fsp3) is 0.250. The third-order valence-electron chi connectivity index (χ3n) is 3.77. The minimum Gasteiger partial charge on any atom is -0.472 e. The van der Waals surface area contributed by atoms with Gasteiger partial charge in [-0.1, -0.05) is 5.16 Å². The fourth-order valence-corrected chi connectivity index (χ4v) is 2.60. The smallest absolute Gasteiger partial charge is 0.276 e. The van der Waals surface area contributed by atoms with Crippen LogP contribution in [0, 0.1) is 0 Å². The second kappa shape index (κ2) is 6.15. The van der Waals surface area contributed by atoms with Gasteiger partial charge in [-0.25, -0.2) is 9.97 Å². The highest BCUT2D eigenvalue weighted by Crippen LogP contribution is 2.23. The molecule has 1 fully saturated rings. The maximum Gasteiger partial charge on any atom is 0.276 e. The van der Waals surface area contributed by atoms with Crippen LogP contribution < -0.4 is 4.74 Å². The van der Waals surface area contributed by atoms with Crippen LogP contribution in [0.15, 0.2) is 52.0 Å². The number of furan rings is 1. The van der Waals surface area contributed by atoms with Gasteiger partial charge in [-0.3, -0.25) is 4.79 Å². The summed E-state index contributed by atoms with van der Waals surface area (Å²) in [6.45, 7) is 1.07. The average Bonchev–Trinajstić information content (AvgIpc) is 3.36. The molecule has 1 amide bonds. The molecule has 0 bridgehead atoms. The average molecular weight is 326 g/mol. The molecule has 3 aromatic heterocycles. The number of carbonyl (C=O) groups excluding carboxylic acids is 1. The van der Waals surface area contributed by atoms with Gasteiger partial charge in [-0.2, -0.15) is 0 Å². The Morgan fingerprint density at radius 2 is 2.29 bits per heavy atom. The highest BCUT2D eigenvalue weighted by molar-refractivity contribution is 5.93. The van der Waals surface area contributed by atoms with Crippen molar-refractivity contribution in [2.75, 3.05) is 13.1 Å². The van der Waals surface area contributed by atoms with Gasteiger partial charge < -0.3 is 18.6 Å². The molecule has 8 heteroatoms. The lowest BCUT2D eigenvalue weighted by Gasteiger charge is -2.15. The van der Waals surface area contributed by atoms with Crippen LogP contribution in [0.4, 0.5) is 0 Å². The van der Waals surface area contributed by atoms with Gasteiger partial charge in [-0.05, 0) is 12.1 Å². The number of carbonyl (C=O) groups is 1. The number of nitrogens with zero attached hydrogens (tertiary/aromatic N) is 4. The van der Waals surface area contributed by atoms with Gasteiger partial charge in [0.2, 0.25) is 11.6 Å².